The van der Waals surface area contributed by atoms with Gasteiger partial charge in [0.25, 0.3) is 0 Å². The molecule has 1 aliphatic heterocycles. The molecule has 0 aromatic heterocycles. The van der Waals surface area contributed by atoms with Gasteiger partial charge in [-0.2, -0.15) is 0 Å². The van der Waals surface area contributed by atoms with E-state index in [2.05, 4.69) is 47.9 Å². The topological polar surface area (TPSA) is 47.3 Å². The third kappa shape index (κ3) is 2.69. The standard InChI is InChI=1S/C17H20N2O/c18-19-16(10-9-13-5-2-1-3-6-13)15-8-4-7-14-11-12-20-17(14)15/h1-8,16,19H,9-12,18H2. The van der Waals surface area contributed by atoms with Crippen molar-refractivity contribution in [2.45, 2.75) is 25.3 Å². The monoisotopic (exact) mass is 268 g/mol. The summed E-state index contributed by atoms with van der Waals surface area (Å²) in [6, 6.07) is 17.0. The fourth-order valence-electron chi connectivity index (χ4n) is 2.80. The summed E-state index contributed by atoms with van der Waals surface area (Å²) in [5, 5.41) is 0. The Hall–Kier alpha value is -1.84. The molecule has 3 N–H and O–H groups in total. The summed E-state index contributed by atoms with van der Waals surface area (Å²) in [4.78, 5) is 0. The van der Waals surface area contributed by atoms with Crippen molar-refractivity contribution in [3.8, 4) is 5.75 Å². The summed E-state index contributed by atoms with van der Waals surface area (Å²) < 4.78 is 5.77. The summed E-state index contributed by atoms with van der Waals surface area (Å²) in [6.45, 7) is 0.780. The highest BCUT2D eigenvalue weighted by Crippen LogP contribution is 2.34. The first-order valence-electron chi connectivity index (χ1n) is 7.13. The lowest BCUT2D eigenvalue weighted by molar-refractivity contribution is 0.347. The molecule has 0 radical (unpaired) electrons. The molecule has 0 saturated carbocycles. The van der Waals surface area contributed by atoms with Gasteiger partial charge in [0, 0.05) is 18.0 Å². The van der Waals surface area contributed by atoms with Gasteiger partial charge in [-0.15, -0.1) is 0 Å². The number of hydrogen-bond acceptors (Lipinski definition) is 3. The van der Waals surface area contributed by atoms with Crippen LogP contribution in [0.1, 0.15) is 29.2 Å². The quantitative estimate of drug-likeness (QED) is 0.647. The number of aryl methyl sites for hydroxylation is 1. The molecule has 104 valence electrons. The van der Waals surface area contributed by atoms with E-state index < -0.39 is 0 Å². The Labute approximate surface area is 119 Å². The van der Waals surface area contributed by atoms with Crippen molar-refractivity contribution in [1.29, 1.82) is 0 Å². The van der Waals surface area contributed by atoms with Crippen LogP contribution < -0.4 is 16.0 Å². The molecule has 0 bridgehead atoms. The van der Waals surface area contributed by atoms with Crippen LogP contribution in [0.2, 0.25) is 0 Å². The molecule has 20 heavy (non-hydrogen) atoms. The number of nitrogens with one attached hydrogen (secondary N) is 1. The molecule has 1 atom stereocenters. The maximum Gasteiger partial charge on any atom is 0.127 e. The van der Waals surface area contributed by atoms with Crippen LogP contribution in [0.3, 0.4) is 0 Å². The van der Waals surface area contributed by atoms with Crippen LogP contribution in [0, 0.1) is 0 Å². The van der Waals surface area contributed by atoms with Gasteiger partial charge in [-0.05, 0) is 24.0 Å². The second-order valence-electron chi connectivity index (χ2n) is 5.18. The Kier molecular flexibility index (Phi) is 4.00. The average Bonchev–Trinajstić information content (AvgIpc) is 2.98. The van der Waals surface area contributed by atoms with Gasteiger partial charge in [-0.1, -0.05) is 48.5 Å². The van der Waals surface area contributed by atoms with Gasteiger partial charge >= 0.3 is 0 Å². The number of ether oxygens (including phenoxy) is 1. The third-order valence-corrected chi connectivity index (χ3v) is 3.89. The van der Waals surface area contributed by atoms with Crippen LogP contribution in [0.15, 0.2) is 48.5 Å². The summed E-state index contributed by atoms with van der Waals surface area (Å²) in [7, 11) is 0. The largest absolute Gasteiger partial charge is 0.493 e. The van der Waals surface area contributed by atoms with Crippen molar-refractivity contribution < 1.29 is 4.74 Å². The van der Waals surface area contributed by atoms with Crippen LogP contribution in [-0.4, -0.2) is 6.61 Å². The number of benzene rings is 2. The van der Waals surface area contributed by atoms with Crippen molar-refractivity contribution in [3.63, 3.8) is 0 Å². The minimum atomic E-state index is 0.128. The van der Waals surface area contributed by atoms with Gasteiger partial charge in [0.2, 0.25) is 0 Å². The molecule has 1 heterocycles. The molecule has 0 saturated heterocycles. The molecule has 2 aromatic rings. The predicted molar refractivity (Wildman–Crippen MR) is 80.5 cm³/mol. The molecule has 2 aromatic carbocycles. The Morgan fingerprint density at radius 1 is 1.10 bits per heavy atom. The number of hydrogen-bond donors (Lipinski definition) is 2. The zero-order valence-electron chi connectivity index (χ0n) is 11.5. The van der Waals surface area contributed by atoms with Gasteiger partial charge in [0.05, 0.1) is 6.61 Å². The lowest BCUT2D eigenvalue weighted by atomic mass is 9.97. The van der Waals surface area contributed by atoms with Gasteiger partial charge in [-0.3, -0.25) is 11.3 Å². The van der Waals surface area contributed by atoms with Crippen molar-refractivity contribution in [2.75, 3.05) is 6.61 Å². The number of para-hydroxylation sites is 1. The first-order chi connectivity index (χ1) is 9.88. The normalized spacial score (nSPS) is 14.7. The predicted octanol–water partition coefficient (Wildman–Crippen LogP) is 2.76. The van der Waals surface area contributed by atoms with Gasteiger partial charge < -0.3 is 4.74 Å². The number of nitrogens with two attached hydrogens (primary N) is 1. The molecule has 1 aliphatic rings. The Balaban J connectivity index is 1.75. The van der Waals surface area contributed by atoms with E-state index in [0.717, 1.165) is 31.6 Å². The SMILES string of the molecule is NNC(CCc1ccccc1)c1cccc2c1OCC2. The van der Waals surface area contributed by atoms with Gasteiger partial charge in [-0.25, -0.2) is 0 Å². The lowest BCUT2D eigenvalue weighted by Gasteiger charge is -2.19. The van der Waals surface area contributed by atoms with E-state index in [1.807, 2.05) is 6.07 Å². The molecule has 0 fully saturated rings. The van der Waals surface area contributed by atoms with E-state index in [1.165, 1.54) is 16.7 Å². The molecular formula is C17H20N2O. The van der Waals surface area contributed by atoms with E-state index in [0.29, 0.717) is 0 Å². The van der Waals surface area contributed by atoms with Crippen LogP contribution in [0.4, 0.5) is 0 Å². The van der Waals surface area contributed by atoms with Crippen molar-refractivity contribution in [3.05, 3.63) is 65.2 Å². The Morgan fingerprint density at radius 3 is 2.75 bits per heavy atom. The minimum Gasteiger partial charge on any atom is -0.493 e. The zero-order valence-corrected chi connectivity index (χ0v) is 11.5. The lowest BCUT2D eigenvalue weighted by Crippen LogP contribution is -2.28. The van der Waals surface area contributed by atoms with Crippen LogP contribution in [0.5, 0.6) is 5.75 Å². The number of rotatable bonds is 5. The molecule has 3 heteroatoms. The molecule has 0 spiro atoms. The highest BCUT2D eigenvalue weighted by Gasteiger charge is 2.21. The average molecular weight is 268 g/mol. The maximum atomic E-state index is 5.77. The first kappa shape index (κ1) is 13.2. The van der Waals surface area contributed by atoms with Crippen molar-refractivity contribution in [1.82, 2.24) is 5.43 Å². The summed E-state index contributed by atoms with van der Waals surface area (Å²) in [5.41, 5.74) is 6.75. The molecule has 1 unspecified atom stereocenters. The minimum absolute atomic E-state index is 0.128. The fourth-order valence-corrected chi connectivity index (χ4v) is 2.80. The van der Waals surface area contributed by atoms with E-state index >= 15 is 0 Å². The second kappa shape index (κ2) is 6.07. The highest BCUT2D eigenvalue weighted by atomic mass is 16.5. The van der Waals surface area contributed by atoms with Crippen molar-refractivity contribution in [2.24, 2.45) is 5.84 Å². The van der Waals surface area contributed by atoms with E-state index in [-0.39, 0.29) is 6.04 Å². The zero-order chi connectivity index (χ0) is 13.8. The van der Waals surface area contributed by atoms with Crippen molar-refractivity contribution >= 4 is 0 Å². The van der Waals surface area contributed by atoms with Gasteiger partial charge in [0.1, 0.15) is 5.75 Å². The molecule has 0 aliphatic carbocycles. The Bertz CT molecular complexity index is 568. The first-order valence-corrected chi connectivity index (χ1v) is 7.13. The van der Waals surface area contributed by atoms with E-state index in [9.17, 15) is 0 Å². The Morgan fingerprint density at radius 2 is 1.95 bits per heavy atom. The van der Waals surface area contributed by atoms with Crippen LogP contribution in [-0.2, 0) is 12.8 Å². The molecule has 0 amide bonds. The smallest absolute Gasteiger partial charge is 0.127 e. The van der Waals surface area contributed by atoms with E-state index in [1.54, 1.807) is 0 Å². The summed E-state index contributed by atoms with van der Waals surface area (Å²) in [6.07, 6.45) is 2.96. The summed E-state index contributed by atoms with van der Waals surface area (Å²) in [5.74, 6) is 6.79. The van der Waals surface area contributed by atoms with Gasteiger partial charge in [0.15, 0.2) is 0 Å². The molecular weight excluding hydrogens is 248 g/mol. The van der Waals surface area contributed by atoms with Crippen LogP contribution >= 0.6 is 0 Å². The fraction of sp³-hybridized carbons (Fsp3) is 0.294. The highest BCUT2D eigenvalue weighted by molar-refractivity contribution is 5.45. The number of fused-ring (bicyclic) bond motifs is 1. The third-order valence-electron chi connectivity index (χ3n) is 3.89. The second-order valence-corrected chi connectivity index (χ2v) is 5.18. The number of hydrazine groups is 1. The van der Waals surface area contributed by atoms with E-state index in [4.69, 9.17) is 10.6 Å². The summed E-state index contributed by atoms with van der Waals surface area (Å²) >= 11 is 0. The molecule has 3 rings (SSSR count). The van der Waals surface area contributed by atoms with Crippen LogP contribution in [0.25, 0.3) is 0 Å². The maximum absolute atomic E-state index is 5.77. The molecule has 3 nitrogen and oxygen atoms in total.